The molecule has 120 valence electrons. The molecule has 2 aliphatic rings. The number of ether oxygens (including phenoxy) is 3. The number of aryl methyl sites for hydroxylation is 2. The lowest BCUT2D eigenvalue weighted by molar-refractivity contribution is -0.0419. The molecule has 2 aromatic carbocycles. The summed E-state index contributed by atoms with van der Waals surface area (Å²) < 4.78 is 17.6. The van der Waals surface area contributed by atoms with Gasteiger partial charge in [0, 0.05) is 0 Å². The fourth-order valence-electron chi connectivity index (χ4n) is 2.89. The van der Waals surface area contributed by atoms with Gasteiger partial charge >= 0.3 is 0 Å². The van der Waals surface area contributed by atoms with Crippen molar-refractivity contribution in [1.82, 2.24) is 0 Å². The second-order valence-electron chi connectivity index (χ2n) is 6.54. The zero-order valence-corrected chi connectivity index (χ0v) is 13.6. The third-order valence-corrected chi connectivity index (χ3v) is 4.50. The minimum absolute atomic E-state index is 0.0360. The summed E-state index contributed by atoms with van der Waals surface area (Å²) in [5.41, 5.74) is 4.86. The van der Waals surface area contributed by atoms with Gasteiger partial charge in [0.05, 0.1) is 13.2 Å². The van der Waals surface area contributed by atoms with Crippen LogP contribution in [-0.4, -0.2) is 25.4 Å². The highest BCUT2D eigenvalue weighted by molar-refractivity contribution is 5.27. The van der Waals surface area contributed by atoms with E-state index in [-0.39, 0.29) is 24.4 Å². The van der Waals surface area contributed by atoms with Crippen LogP contribution in [0.5, 0.6) is 0 Å². The molecule has 0 saturated carbocycles. The van der Waals surface area contributed by atoms with Crippen molar-refractivity contribution in [3.8, 4) is 0 Å². The lowest BCUT2D eigenvalue weighted by Gasteiger charge is -2.24. The van der Waals surface area contributed by atoms with Crippen molar-refractivity contribution in [3.63, 3.8) is 0 Å². The zero-order valence-electron chi connectivity index (χ0n) is 13.6. The Kier molecular flexibility index (Phi) is 3.93. The second kappa shape index (κ2) is 6.08. The number of benzene rings is 2. The van der Waals surface area contributed by atoms with Gasteiger partial charge in [0.2, 0.25) is 0 Å². The maximum absolute atomic E-state index is 6.50. The highest BCUT2D eigenvalue weighted by atomic mass is 16.6. The predicted octanol–water partition coefficient (Wildman–Crippen LogP) is 3.90. The Morgan fingerprint density at radius 2 is 1.09 bits per heavy atom. The average Bonchev–Trinajstić information content (AvgIpc) is 3.45. The van der Waals surface area contributed by atoms with Crippen molar-refractivity contribution in [1.29, 1.82) is 0 Å². The van der Waals surface area contributed by atoms with Crippen molar-refractivity contribution < 1.29 is 14.2 Å². The number of epoxide rings is 2. The van der Waals surface area contributed by atoms with Gasteiger partial charge in [-0.05, 0) is 25.0 Å². The molecule has 2 aliphatic heterocycles. The van der Waals surface area contributed by atoms with Gasteiger partial charge in [0.25, 0.3) is 0 Å². The van der Waals surface area contributed by atoms with Gasteiger partial charge < -0.3 is 14.2 Å². The summed E-state index contributed by atoms with van der Waals surface area (Å²) in [6, 6.07) is 17.1. The van der Waals surface area contributed by atoms with Crippen molar-refractivity contribution in [2.45, 2.75) is 38.3 Å². The van der Waals surface area contributed by atoms with Crippen LogP contribution in [0.2, 0.25) is 0 Å². The van der Waals surface area contributed by atoms with E-state index in [1.165, 1.54) is 22.3 Å². The molecule has 0 aliphatic carbocycles. The van der Waals surface area contributed by atoms with Crippen molar-refractivity contribution in [3.05, 3.63) is 70.8 Å². The molecular formula is C20H22O3. The van der Waals surface area contributed by atoms with E-state index < -0.39 is 0 Å². The van der Waals surface area contributed by atoms with Crippen molar-refractivity contribution >= 4 is 0 Å². The van der Waals surface area contributed by atoms with Crippen LogP contribution in [0.4, 0.5) is 0 Å². The van der Waals surface area contributed by atoms with E-state index in [1.807, 2.05) is 0 Å². The normalized spacial score (nSPS) is 25.0. The summed E-state index contributed by atoms with van der Waals surface area (Å²) in [6.45, 7) is 5.73. The van der Waals surface area contributed by atoms with Gasteiger partial charge in [-0.25, -0.2) is 0 Å². The van der Waals surface area contributed by atoms with E-state index in [9.17, 15) is 0 Å². The van der Waals surface area contributed by atoms with Crippen molar-refractivity contribution in [2.75, 3.05) is 13.2 Å². The summed E-state index contributed by atoms with van der Waals surface area (Å²) >= 11 is 0. The minimum Gasteiger partial charge on any atom is -0.370 e. The first-order valence-corrected chi connectivity index (χ1v) is 8.22. The Morgan fingerprint density at radius 1 is 0.739 bits per heavy atom. The molecule has 0 aromatic heterocycles. The van der Waals surface area contributed by atoms with Crippen LogP contribution in [0.3, 0.4) is 0 Å². The maximum atomic E-state index is 6.50. The van der Waals surface area contributed by atoms with E-state index in [0.29, 0.717) is 0 Å². The summed E-state index contributed by atoms with van der Waals surface area (Å²) in [7, 11) is 0. The average molecular weight is 310 g/mol. The third-order valence-electron chi connectivity index (χ3n) is 4.50. The van der Waals surface area contributed by atoms with Crippen LogP contribution in [0.15, 0.2) is 48.5 Å². The topological polar surface area (TPSA) is 34.3 Å². The standard InChI is InChI=1S/C20H22O3/c1-13-3-7-15(8-4-13)19(17-11-21-17)23-20(18-12-22-18)16-9-5-14(2)6-10-16/h3-10,17-20H,11-12H2,1-2H3/t17?,18?,19-,20-/m1/s1. The largest absolute Gasteiger partial charge is 0.370 e. The number of hydrogen-bond acceptors (Lipinski definition) is 3. The van der Waals surface area contributed by atoms with E-state index in [0.717, 1.165) is 13.2 Å². The second-order valence-corrected chi connectivity index (χ2v) is 6.54. The van der Waals surface area contributed by atoms with Crippen molar-refractivity contribution in [2.24, 2.45) is 0 Å². The molecule has 2 saturated heterocycles. The molecule has 4 rings (SSSR count). The van der Waals surface area contributed by atoms with Gasteiger partial charge in [-0.3, -0.25) is 0 Å². The lowest BCUT2D eigenvalue weighted by atomic mass is 10.0. The van der Waals surface area contributed by atoms with Gasteiger partial charge in [0.15, 0.2) is 0 Å². The van der Waals surface area contributed by atoms with Gasteiger partial charge in [0.1, 0.15) is 24.4 Å². The first-order valence-electron chi connectivity index (χ1n) is 8.22. The molecule has 2 aromatic rings. The third kappa shape index (κ3) is 3.47. The highest BCUT2D eigenvalue weighted by Crippen LogP contribution is 2.40. The van der Waals surface area contributed by atoms with Gasteiger partial charge in [-0.1, -0.05) is 59.7 Å². The fraction of sp³-hybridized carbons (Fsp3) is 0.400. The fourth-order valence-corrected chi connectivity index (χ4v) is 2.89. The molecule has 0 bridgehead atoms. The number of rotatable bonds is 6. The van der Waals surface area contributed by atoms with E-state index in [4.69, 9.17) is 14.2 Å². The van der Waals surface area contributed by atoms with E-state index in [1.54, 1.807) is 0 Å². The van der Waals surface area contributed by atoms with Crippen LogP contribution in [0.25, 0.3) is 0 Å². The molecule has 3 heteroatoms. The Labute approximate surface area is 137 Å². The lowest BCUT2D eigenvalue weighted by Crippen LogP contribution is -2.19. The first-order chi connectivity index (χ1) is 11.2. The molecule has 2 fully saturated rings. The molecule has 0 amide bonds. The Hall–Kier alpha value is -1.68. The summed E-state index contributed by atoms with van der Waals surface area (Å²) in [5, 5.41) is 0. The molecule has 0 radical (unpaired) electrons. The smallest absolute Gasteiger partial charge is 0.112 e. The zero-order chi connectivity index (χ0) is 15.8. The summed E-state index contributed by atoms with van der Waals surface area (Å²) in [6.07, 6.45) is 0.242. The van der Waals surface area contributed by atoms with E-state index >= 15 is 0 Å². The molecule has 0 N–H and O–H groups in total. The van der Waals surface area contributed by atoms with Crippen LogP contribution < -0.4 is 0 Å². The molecular weight excluding hydrogens is 288 g/mol. The molecule has 23 heavy (non-hydrogen) atoms. The molecule has 2 heterocycles. The van der Waals surface area contributed by atoms with Gasteiger partial charge in [-0.15, -0.1) is 0 Å². The monoisotopic (exact) mass is 310 g/mol. The summed E-state index contributed by atoms with van der Waals surface area (Å²) in [4.78, 5) is 0. The SMILES string of the molecule is Cc1ccc([C@@H](O[C@H](c2ccc(C)cc2)C2CO2)C2CO2)cc1. The van der Waals surface area contributed by atoms with Crippen LogP contribution in [0, 0.1) is 13.8 Å². The molecule has 4 atom stereocenters. The molecule has 2 unspecified atom stereocenters. The van der Waals surface area contributed by atoms with E-state index in [2.05, 4.69) is 62.4 Å². The predicted molar refractivity (Wildman–Crippen MR) is 88.4 cm³/mol. The molecule has 3 nitrogen and oxygen atoms in total. The first kappa shape index (κ1) is 14.9. The van der Waals surface area contributed by atoms with Crippen LogP contribution >= 0.6 is 0 Å². The van der Waals surface area contributed by atoms with Gasteiger partial charge in [-0.2, -0.15) is 0 Å². The maximum Gasteiger partial charge on any atom is 0.112 e. The molecule has 0 spiro atoms. The van der Waals surface area contributed by atoms with Crippen LogP contribution in [-0.2, 0) is 14.2 Å². The summed E-state index contributed by atoms with van der Waals surface area (Å²) in [5.74, 6) is 0. The quantitative estimate of drug-likeness (QED) is 0.759. The number of hydrogen-bond donors (Lipinski definition) is 0. The Bertz CT molecular complexity index is 595. The van der Waals surface area contributed by atoms with Crippen LogP contribution in [0.1, 0.15) is 34.5 Å². The highest BCUT2D eigenvalue weighted by Gasteiger charge is 2.41. The minimum atomic E-state index is -0.0360. The Morgan fingerprint density at radius 3 is 1.39 bits per heavy atom. The Balaban J connectivity index is 1.58.